The number of allylic oxidation sites excluding steroid dienone is 4. The second kappa shape index (κ2) is 10.4. The van der Waals surface area contributed by atoms with E-state index in [1.807, 2.05) is 49.4 Å². The van der Waals surface area contributed by atoms with Crippen LogP contribution in [0.15, 0.2) is 77.4 Å². The second-order valence-corrected chi connectivity index (χ2v) is 12.2. The first kappa shape index (κ1) is 28.1. The van der Waals surface area contributed by atoms with Crippen molar-refractivity contribution in [2.45, 2.75) is 82.7 Å². The van der Waals surface area contributed by atoms with Gasteiger partial charge in [-0.25, -0.2) is 0 Å². The van der Waals surface area contributed by atoms with Crippen molar-refractivity contribution in [1.29, 1.82) is 0 Å². The lowest BCUT2D eigenvalue weighted by Crippen LogP contribution is -2.50. The predicted molar refractivity (Wildman–Crippen MR) is 146 cm³/mol. The van der Waals surface area contributed by atoms with Crippen LogP contribution in [0.1, 0.15) is 68.9 Å². The summed E-state index contributed by atoms with van der Waals surface area (Å²) in [5.41, 5.74) is 5.79. The van der Waals surface area contributed by atoms with Gasteiger partial charge in [0.05, 0.1) is 6.10 Å². The van der Waals surface area contributed by atoms with Gasteiger partial charge < -0.3 is 10.1 Å². The molecule has 2 saturated carbocycles. The number of halogens is 5. The normalized spacial score (nSPS) is 29.9. The highest BCUT2D eigenvalue weighted by atomic mass is 19.4. The van der Waals surface area contributed by atoms with Gasteiger partial charge in [-0.05, 0) is 96.3 Å². The van der Waals surface area contributed by atoms with Crippen LogP contribution in [-0.4, -0.2) is 24.2 Å². The van der Waals surface area contributed by atoms with Crippen molar-refractivity contribution in [3.05, 3.63) is 88.5 Å². The summed E-state index contributed by atoms with van der Waals surface area (Å²) in [4.78, 5) is 12.2. The van der Waals surface area contributed by atoms with Gasteiger partial charge in [-0.15, -0.1) is 0 Å². The molecule has 0 aromatic heterocycles. The minimum atomic E-state index is -5.76. The highest BCUT2D eigenvalue weighted by Crippen LogP contribution is 2.65. The Kier molecular flexibility index (Phi) is 7.12. The average molecular weight is 572 g/mol. The van der Waals surface area contributed by atoms with Crippen molar-refractivity contribution in [1.82, 2.24) is 0 Å². The van der Waals surface area contributed by atoms with E-state index in [1.54, 1.807) is 6.08 Å². The lowest BCUT2D eigenvalue weighted by Gasteiger charge is -2.52. The molecule has 2 fully saturated rings. The number of ketones is 1. The molecular formula is C33H34F5NO2. The molecule has 2 aromatic rings. The summed E-state index contributed by atoms with van der Waals surface area (Å²) in [6, 6.07) is 18.1. The zero-order valence-corrected chi connectivity index (χ0v) is 22.9. The minimum absolute atomic E-state index is 0.0520. The summed E-state index contributed by atoms with van der Waals surface area (Å²) in [5, 5.41) is 3.39. The molecule has 4 aliphatic carbocycles. The first-order valence-electron chi connectivity index (χ1n) is 14.4. The molecule has 0 saturated heterocycles. The summed E-state index contributed by atoms with van der Waals surface area (Å²) in [5.74, 6) is -0.0117. The van der Waals surface area contributed by atoms with E-state index in [4.69, 9.17) is 0 Å². The zero-order chi connectivity index (χ0) is 29.0. The summed E-state index contributed by atoms with van der Waals surface area (Å²) < 4.78 is 72.4. The molecule has 0 amide bonds. The van der Waals surface area contributed by atoms with E-state index in [-0.39, 0.29) is 30.0 Å². The third kappa shape index (κ3) is 5.13. The van der Waals surface area contributed by atoms with E-state index in [0.717, 1.165) is 35.2 Å². The highest BCUT2D eigenvalue weighted by Gasteiger charge is 2.65. The largest absolute Gasteiger partial charge is 0.482 e. The SMILES string of the molecule is CC12CC(c3ccc(CNc4ccccc4)cc3)C3=C4CCC(=O)C=C4CCC3C1CCC2OC(F)(F)C(F)(F)F. The Labute approximate surface area is 236 Å². The van der Waals surface area contributed by atoms with Crippen LogP contribution in [0.3, 0.4) is 0 Å². The molecule has 5 unspecified atom stereocenters. The Bertz CT molecular complexity index is 1360. The second-order valence-electron chi connectivity index (χ2n) is 12.2. The van der Waals surface area contributed by atoms with Crippen molar-refractivity contribution in [2.24, 2.45) is 17.3 Å². The molecule has 5 atom stereocenters. The predicted octanol–water partition coefficient (Wildman–Crippen LogP) is 8.74. The first-order valence-corrected chi connectivity index (χ1v) is 14.4. The van der Waals surface area contributed by atoms with Crippen LogP contribution in [0, 0.1) is 17.3 Å². The summed E-state index contributed by atoms with van der Waals surface area (Å²) in [6.45, 7) is 2.48. The topological polar surface area (TPSA) is 38.3 Å². The highest BCUT2D eigenvalue weighted by molar-refractivity contribution is 5.93. The number of anilines is 1. The van der Waals surface area contributed by atoms with Crippen LogP contribution in [0.5, 0.6) is 0 Å². The average Bonchev–Trinajstić information content (AvgIpc) is 3.26. The van der Waals surface area contributed by atoms with Crippen LogP contribution in [-0.2, 0) is 16.1 Å². The van der Waals surface area contributed by atoms with Crippen LogP contribution in [0.4, 0.5) is 27.6 Å². The number of nitrogens with one attached hydrogen (secondary N) is 1. The van der Waals surface area contributed by atoms with Gasteiger partial charge in [0.2, 0.25) is 0 Å². The van der Waals surface area contributed by atoms with E-state index in [2.05, 4.69) is 22.2 Å². The third-order valence-electron chi connectivity index (χ3n) is 9.92. The number of alkyl halides is 5. The van der Waals surface area contributed by atoms with Gasteiger partial charge in [-0.1, -0.05) is 55.0 Å². The number of benzene rings is 2. The van der Waals surface area contributed by atoms with Crippen LogP contribution < -0.4 is 5.32 Å². The van der Waals surface area contributed by atoms with E-state index in [0.29, 0.717) is 32.2 Å². The number of hydrogen-bond acceptors (Lipinski definition) is 3. The number of para-hydroxylation sites is 1. The molecule has 2 aromatic carbocycles. The molecule has 41 heavy (non-hydrogen) atoms. The Hall–Kier alpha value is -3.00. The molecule has 218 valence electrons. The van der Waals surface area contributed by atoms with Gasteiger partial charge >= 0.3 is 12.3 Å². The first-order chi connectivity index (χ1) is 19.5. The molecule has 0 radical (unpaired) electrons. The van der Waals surface area contributed by atoms with Gasteiger partial charge in [-0.2, -0.15) is 22.0 Å². The van der Waals surface area contributed by atoms with Gasteiger partial charge in [0.1, 0.15) is 0 Å². The van der Waals surface area contributed by atoms with Gasteiger partial charge in [0.15, 0.2) is 5.78 Å². The zero-order valence-electron chi connectivity index (χ0n) is 22.9. The molecule has 0 aliphatic heterocycles. The van der Waals surface area contributed by atoms with Crippen molar-refractivity contribution in [3.8, 4) is 0 Å². The third-order valence-corrected chi connectivity index (χ3v) is 9.92. The molecule has 0 spiro atoms. The van der Waals surface area contributed by atoms with Crippen molar-refractivity contribution in [2.75, 3.05) is 5.32 Å². The number of fused-ring (bicyclic) bond motifs is 4. The molecule has 0 heterocycles. The van der Waals surface area contributed by atoms with E-state index in [9.17, 15) is 26.7 Å². The number of carbonyl (C=O) groups is 1. The molecule has 0 bridgehead atoms. The van der Waals surface area contributed by atoms with Crippen LogP contribution >= 0.6 is 0 Å². The van der Waals surface area contributed by atoms with E-state index in [1.165, 1.54) is 11.1 Å². The molecule has 1 N–H and O–H groups in total. The number of rotatable bonds is 6. The quantitative estimate of drug-likeness (QED) is 0.353. The Morgan fingerprint density at radius 3 is 2.37 bits per heavy atom. The standard InChI is InChI=1S/C33H34F5NO2/c1-31-18-27(21-9-7-20(8-10-21)19-39-23-5-3-2-4-6-23)30-25-14-12-24(40)17-22(25)11-13-26(30)28(31)15-16-29(31)41-33(37,38)32(34,35)36/h2-10,17,26-29,39H,11-16,18-19H2,1H3. The van der Waals surface area contributed by atoms with Crippen LogP contribution in [0.2, 0.25) is 0 Å². The Morgan fingerprint density at radius 2 is 1.66 bits per heavy atom. The van der Waals surface area contributed by atoms with Gasteiger partial charge in [-0.3, -0.25) is 4.79 Å². The number of carbonyl (C=O) groups excluding carboxylic acids is 1. The maximum absolute atomic E-state index is 14.2. The molecule has 8 heteroatoms. The number of hydrogen-bond donors (Lipinski definition) is 1. The summed E-state index contributed by atoms with van der Waals surface area (Å²) in [7, 11) is 0. The smallest absolute Gasteiger partial charge is 0.381 e. The fourth-order valence-corrected chi connectivity index (χ4v) is 7.98. The van der Waals surface area contributed by atoms with Crippen molar-refractivity contribution < 1.29 is 31.5 Å². The maximum Gasteiger partial charge on any atom is 0.482 e. The number of ether oxygens (including phenoxy) is 1. The van der Waals surface area contributed by atoms with E-state index >= 15 is 0 Å². The molecule has 3 nitrogen and oxygen atoms in total. The van der Waals surface area contributed by atoms with Crippen LogP contribution in [0.25, 0.3) is 0 Å². The minimum Gasteiger partial charge on any atom is -0.381 e. The molecule has 4 aliphatic rings. The monoisotopic (exact) mass is 571 g/mol. The fraction of sp³-hybridized carbons (Fsp3) is 0.485. The lowest BCUT2D eigenvalue weighted by atomic mass is 9.53. The van der Waals surface area contributed by atoms with E-state index < -0.39 is 23.8 Å². The Balaban J connectivity index is 1.34. The maximum atomic E-state index is 14.2. The van der Waals surface area contributed by atoms with Crippen molar-refractivity contribution in [3.63, 3.8) is 0 Å². The van der Waals surface area contributed by atoms with Gasteiger partial charge in [0.25, 0.3) is 0 Å². The van der Waals surface area contributed by atoms with Gasteiger partial charge in [0, 0.05) is 24.6 Å². The molecular weight excluding hydrogens is 537 g/mol. The molecule has 6 rings (SSSR count). The van der Waals surface area contributed by atoms with Crippen molar-refractivity contribution >= 4 is 11.5 Å². The lowest BCUT2D eigenvalue weighted by molar-refractivity contribution is -0.408. The fourth-order valence-electron chi connectivity index (χ4n) is 7.98. The summed E-state index contributed by atoms with van der Waals surface area (Å²) in [6.07, 6.45) is -6.66. The Morgan fingerprint density at radius 1 is 0.927 bits per heavy atom. The summed E-state index contributed by atoms with van der Waals surface area (Å²) >= 11 is 0.